The van der Waals surface area contributed by atoms with Crippen molar-refractivity contribution in [2.75, 3.05) is 19.6 Å². The zero-order valence-electron chi connectivity index (χ0n) is 12.5. The van der Waals surface area contributed by atoms with E-state index in [4.69, 9.17) is 19.8 Å². The molecule has 0 fully saturated rings. The molecule has 0 aliphatic carbocycles. The minimum Gasteiger partial charge on any atom is -0.539 e. The number of rotatable bonds is 9. The average molecular weight is 275 g/mol. The zero-order chi connectivity index (χ0) is 15.1. The van der Waals surface area contributed by atoms with Gasteiger partial charge in [0.05, 0.1) is 19.6 Å². The molecule has 0 aliphatic heterocycles. The van der Waals surface area contributed by atoms with Gasteiger partial charge in [0.25, 0.3) is 0 Å². The Hall–Kier alpha value is -1.10. The van der Waals surface area contributed by atoms with E-state index in [9.17, 15) is 0 Å². The van der Waals surface area contributed by atoms with Crippen LogP contribution in [0.25, 0.3) is 0 Å². The number of hydrogen-bond donors (Lipinski definition) is 2. The fraction of sp³-hybridized carbons (Fsp3) is 0.857. The van der Waals surface area contributed by atoms with E-state index in [0.717, 1.165) is 0 Å². The van der Waals surface area contributed by atoms with Crippen LogP contribution in [0.1, 0.15) is 59.3 Å². The molecule has 2 N–H and O–H groups in total. The lowest BCUT2D eigenvalue weighted by atomic mass is 10.2. The van der Waals surface area contributed by atoms with Gasteiger partial charge in [-0.25, -0.2) is 4.79 Å². The molecule has 0 aromatic carbocycles. The molecular weight excluding hydrogens is 246 g/mol. The molecule has 0 aromatic rings. The quantitative estimate of drug-likeness (QED) is 0.584. The molecule has 114 valence electrons. The van der Waals surface area contributed by atoms with Gasteiger partial charge in [0.1, 0.15) is 0 Å². The normalized spacial score (nSPS) is 9.89. The number of carbonyl (C=O) groups is 2. The van der Waals surface area contributed by atoms with E-state index in [-0.39, 0.29) is 0 Å². The third-order valence-corrected chi connectivity index (χ3v) is 2.83. The Morgan fingerprint density at radius 1 is 0.895 bits per heavy atom. The first-order valence-corrected chi connectivity index (χ1v) is 7.27. The number of quaternary nitrogens is 1. The van der Waals surface area contributed by atoms with Crippen LogP contribution in [0.2, 0.25) is 0 Å². The Morgan fingerprint density at radius 2 is 1.16 bits per heavy atom. The lowest BCUT2D eigenvalue weighted by Gasteiger charge is -2.18. The molecule has 0 spiro atoms. The molecule has 0 saturated heterocycles. The summed E-state index contributed by atoms with van der Waals surface area (Å²) in [5, 5.41) is 16.3. The van der Waals surface area contributed by atoms with Gasteiger partial charge in [-0.15, -0.1) is 0 Å². The molecule has 0 aromatic heterocycles. The van der Waals surface area contributed by atoms with E-state index < -0.39 is 11.9 Å². The summed E-state index contributed by atoms with van der Waals surface area (Å²) in [4.78, 5) is 19.9. The van der Waals surface area contributed by atoms with Crippen LogP contribution >= 0.6 is 0 Å². The maximum Gasteiger partial charge on any atom is 0.351 e. The maximum absolute atomic E-state index is 9.04. The second-order valence-electron chi connectivity index (χ2n) is 4.65. The molecule has 0 unspecified atom stereocenters. The van der Waals surface area contributed by atoms with E-state index >= 15 is 0 Å². The van der Waals surface area contributed by atoms with Crippen molar-refractivity contribution in [2.45, 2.75) is 59.3 Å². The van der Waals surface area contributed by atoms with E-state index in [2.05, 4.69) is 20.8 Å². The smallest absolute Gasteiger partial charge is 0.351 e. The van der Waals surface area contributed by atoms with Gasteiger partial charge in [-0.05, 0) is 19.3 Å². The van der Waals surface area contributed by atoms with Crippen LogP contribution in [0, 0.1) is 0 Å². The number of carbonyl (C=O) groups excluding carboxylic acids is 1. The third-order valence-electron chi connectivity index (χ3n) is 2.83. The summed E-state index contributed by atoms with van der Waals surface area (Å²) in [6, 6.07) is 0. The number of unbranched alkanes of at least 4 members (excludes halogenated alkanes) is 3. The van der Waals surface area contributed by atoms with E-state index in [0.29, 0.717) is 0 Å². The lowest BCUT2D eigenvalue weighted by molar-refractivity contribution is -0.900. The molecule has 0 amide bonds. The SMILES string of the molecule is CCCC[NH+](CCCC)CCCC.O=C([O-])C(=O)O. The van der Waals surface area contributed by atoms with E-state index in [1.165, 1.54) is 58.2 Å². The predicted molar refractivity (Wildman–Crippen MR) is 72.9 cm³/mol. The van der Waals surface area contributed by atoms with Gasteiger partial charge >= 0.3 is 5.97 Å². The van der Waals surface area contributed by atoms with Crippen LogP contribution in [-0.4, -0.2) is 36.7 Å². The van der Waals surface area contributed by atoms with Crippen molar-refractivity contribution in [3.8, 4) is 0 Å². The van der Waals surface area contributed by atoms with Crippen LogP contribution in [0.4, 0.5) is 0 Å². The summed E-state index contributed by atoms with van der Waals surface area (Å²) >= 11 is 0. The number of carboxylic acids is 2. The number of aliphatic carboxylic acids is 2. The summed E-state index contributed by atoms with van der Waals surface area (Å²) < 4.78 is 0. The fourth-order valence-electron chi connectivity index (χ4n) is 1.66. The minimum atomic E-state index is -2.07. The van der Waals surface area contributed by atoms with Crippen LogP contribution in [0.3, 0.4) is 0 Å². The maximum atomic E-state index is 9.04. The highest BCUT2D eigenvalue weighted by Crippen LogP contribution is 1.85. The molecule has 5 nitrogen and oxygen atoms in total. The lowest BCUT2D eigenvalue weighted by Crippen LogP contribution is -3.12. The van der Waals surface area contributed by atoms with Gasteiger partial charge in [0.15, 0.2) is 5.97 Å². The second-order valence-corrected chi connectivity index (χ2v) is 4.65. The van der Waals surface area contributed by atoms with Crippen molar-refractivity contribution in [3.63, 3.8) is 0 Å². The van der Waals surface area contributed by atoms with Crippen molar-refractivity contribution >= 4 is 11.9 Å². The summed E-state index contributed by atoms with van der Waals surface area (Å²) in [6.07, 6.45) is 8.26. The van der Waals surface area contributed by atoms with Crippen molar-refractivity contribution in [2.24, 2.45) is 0 Å². The summed E-state index contributed by atoms with van der Waals surface area (Å²) in [6.45, 7) is 11.1. The molecule has 0 radical (unpaired) electrons. The molecule has 0 saturated carbocycles. The van der Waals surface area contributed by atoms with Crippen molar-refractivity contribution in [3.05, 3.63) is 0 Å². The first-order chi connectivity index (χ1) is 8.99. The Bertz CT molecular complexity index is 200. The highest BCUT2D eigenvalue weighted by atomic mass is 16.4. The fourth-order valence-corrected chi connectivity index (χ4v) is 1.66. The standard InChI is InChI=1S/C12H27N.C2H2O4/c1-4-7-10-13(11-8-5-2)12-9-6-3;3-1(4)2(5)6/h4-12H2,1-3H3;(H,3,4)(H,5,6). The molecule has 0 heterocycles. The highest BCUT2D eigenvalue weighted by Gasteiger charge is 2.05. The van der Waals surface area contributed by atoms with Gasteiger partial charge in [-0.1, -0.05) is 40.0 Å². The molecule has 0 bridgehead atoms. The molecule has 19 heavy (non-hydrogen) atoms. The first-order valence-electron chi connectivity index (χ1n) is 7.27. The monoisotopic (exact) mass is 275 g/mol. The van der Waals surface area contributed by atoms with Gasteiger partial charge in [-0.2, -0.15) is 0 Å². The predicted octanol–water partition coefficient (Wildman–Crippen LogP) is 0.0925. The highest BCUT2D eigenvalue weighted by molar-refractivity contribution is 6.26. The third kappa shape index (κ3) is 16.9. The van der Waals surface area contributed by atoms with Gasteiger partial charge in [0.2, 0.25) is 0 Å². The first kappa shape index (κ1) is 20.2. The molecular formula is C14H29NO4. The molecule has 0 atom stereocenters. The Morgan fingerprint density at radius 3 is 1.32 bits per heavy atom. The van der Waals surface area contributed by atoms with E-state index in [1.807, 2.05) is 4.90 Å². The summed E-state index contributed by atoms with van der Waals surface area (Å²) in [7, 11) is 0. The Balaban J connectivity index is 0. The van der Waals surface area contributed by atoms with Crippen molar-refractivity contribution in [1.29, 1.82) is 0 Å². The number of nitrogens with one attached hydrogen (secondary N) is 1. The van der Waals surface area contributed by atoms with Crippen LogP contribution in [0.5, 0.6) is 0 Å². The van der Waals surface area contributed by atoms with Gasteiger partial charge in [0, 0.05) is 0 Å². The van der Waals surface area contributed by atoms with Crippen LogP contribution in [0.15, 0.2) is 0 Å². The Kier molecular flexibility index (Phi) is 15.9. The molecule has 5 heteroatoms. The molecule has 0 aliphatic rings. The van der Waals surface area contributed by atoms with Crippen LogP contribution in [-0.2, 0) is 9.59 Å². The Labute approximate surface area is 116 Å². The van der Waals surface area contributed by atoms with Crippen LogP contribution < -0.4 is 10.0 Å². The van der Waals surface area contributed by atoms with Gasteiger partial charge < -0.3 is 19.9 Å². The zero-order valence-corrected chi connectivity index (χ0v) is 12.5. The summed E-state index contributed by atoms with van der Waals surface area (Å²) in [5.74, 6) is -4.01. The second kappa shape index (κ2) is 15.0. The number of hydrogen-bond acceptors (Lipinski definition) is 3. The number of carboxylic acid groups (broad SMARTS) is 2. The minimum absolute atomic E-state index is 1.35. The molecule has 0 rings (SSSR count). The van der Waals surface area contributed by atoms with Crippen molar-refractivity contribution in [1.82, 2.24) is 0 Å². The van der Waals surface area contributed by atoms with Gasteiger partial charge in [-0.3, -0.25) is 0 Å². The van der Waals surface area contributed by atoms with E-state index in [1.54, 1.807) is 0 Å². The average Bonchev–Trinajstić information content (AvgIpc) is 2.38. The summed E-state index contributed by atoms with van der Waals surface area (Å²) in [5.41, 5.74) is 0. The largest absolute Gasteiger partial charge is 0.539 e. The van der Waals surface area contributed by atoms with Crippen molar-refractivity contribution < 1.29 is 24.7 Å². The topological polar surface area (TPSA) is 81.9 Å².